The van der Waals surface area contributed by atoms with Crippen LogP contribution in [0.3, 0.4) is 0 Å². The van der Waals surface area contributed by atoms with Gasteiger partial charge in [0.1, 0.15) is 16.6 Å². The van der Waals surface area contributed by atoms with Crippen LogP contribution in [0.15, 0.2) is 18.2 Å². The first-order chi connectivity index (χ1) is 9.11. The Morgan fingerprint density at radius 3 is 2.84 bits per heavy atom. The van der Waals surface area contributed by atoms with Crippen molar-refractivity contribution >= 4 is 29.1 Å². The molecule has 0 aliphatic carbocycles. The van der Waals surface area contributed by atoms with Gasteiger partial charge in [-0.2, -0.15) is 0 Å². The molecular formula is C11H9ClN2O4S. The van der Waals surface area contributed by atoms with Gasteiger partial charge in [0.05, 0.1) is 12.7 Å². The normalized spacial score (nSPS) is 10.2. The van der Waals surface area contributed by atoms with Crippen molar-refractivity contribution in [3.8, 4) is 11.5 Å². The third kappa shape index (κ3) is 3.12. The van der Waals surface area contributed by atoms with E-state index in [0.717, 1.165) is 11.5 Å². The van der Waals surface area contributed by atoms with Crippen molar-refractivity contribution < 1.29 is 19.4 Å². The average Bonchev–Trinajstić information content (AvgIpc) is 2.81. The molecule has 2 aromatic rings. The molecule has 0 amide bonds. The fraction of sp³-hybridized carbons (Fsp3) is 0.182. The molecule has 6 nitrogen and oxygen atoms in total. The van der Waals surface area contributed by atoms with Crippen molar-refractivity contribution in [1.82, 2.24) is 9.59 Å². The molecular weight excluding hydrogens is 292 g/mol. The zero-order valence-electron chi connectivity index (χ0n) is 9.79. The summed E-state index contributed by atoms with van der Waals surface area (Å²) in [6, 6.07) is 4.34. The minimum Gasteiger partial charge on any atom is -0.493 e. The van der Waals surface area contributed by atoms with Crippen LogP contribution in [0.2, 0.25) is 4.34 Å². The molecule has 19 heavy (non-hydrogen) atoms. The Balaban J connectivity index is 2.16. The summed E-state index contributed by atoms with van der Waals surface area (Å²) in [4.78, 5) is 10.8. The number of aromatic nitrogens is 2. The largest absolute Gasteiger partial charge is 0.493 e. The molecule has 100 valence electrons. The summed E-state index contributed by atoms with van der Waals surface area (Å²) >= 11 is 6.92. The van der Waals surface area contributed by atoms with Gasteiger partial charge in [-0.15, -0.1) is 5.10 Å². The highest BCUT2D eigenvalue weighted by molar-refractivity contribution is 7.10. The summed E-state index contributed by atoms with van der Waals surface area (Å²) < 4.78 is 14.7. The summed E-state index contributed by atoms with van der Waals surface area (Å²) in [5, 5.41) is 12.7. The van der Waals surface area contributed by atoms with Crippen LogP contribution in [0.25, 0.3) is 0 Å². The molecule has 0 radical (unpaired) electrons. The predicted octanol–water partition coefficient (Wildman–Crippen LogP) is 2.48. The van der Waals surface area contributed by atoms with Gasteiger partial charge in [-0.3, -0.25) is 0 Å². The molecule has 0 fully saturated rings. The highest BCUT2D eigenvalue weighted by Gasteiger charge is 2.12. The quantitative estimate of drug-likeness (QED) is 0.913. The van der Waals surface area contributed by atoms with E-state index in [1.54, 1.807) is 0 Å². The third-order valence-electron chi connectivity index (χ3n) is 2.28. The highest BCUT2D eigenvalue weighted by Crippen LogP contribution is 2.29. The Kier molecular flexibility index (Phi) is 4.18. The molecule has 1 aromatic carbocycles. The molecule has 8 heteroatoms. The van der Waals surface area contributed by atoms with Gasteiger partial charge in [-0.25, -0.2) is 4.79 Å². The number of halogens is 1. The van der Waals surface area contributed by atoms with E-state index in [1.807, 2.05) is 0 Å². The predicted molar refractivity (Wildman–Crippen MR) is 69.2 cm³/mol. The second kappa shape index (κ2) is 5.85. The van der Waals surface area contributed by atoms with Crippen molar-refractivity contribution in [3.63, 3.8) is 0 Å². The van der Waals surface area contributed by atoms with E-state index in [9.17, 15) is 4.79 Å². The van der Waals surface area contributed by atoms with E-state index in [-0.39, 0.29) is 12.2 Å². The van der Waals surface area contributed by atoms with Gasteiger partial charge in [-0.05, 0) is 18.2 Å². The van der Waals surface area contributed by atoms with Crippen LogP contribution >= 0.6 is 23.1 Å². The summed E-state index contributed by atoms with van der Waals surface area (Å²) in [6.45, 7) is 0.137. The highest BCUT2D eigenvalue weighted by atomic mass is 35.5. The average molecular weight is 301 g/mol. The van der Waals surface area contributed by atoms with E-state index >= 15 is 0 Å². The zero-order chi connectivity index (χ0) is 13.8. The van der Waals surface area contributed by atoms with Gasteiger partial charge in [0.25, 0.3) is 0 Å². The smallest absolute Gasteiger partial charge is 0.335 e. The standard InChI is InChI=1S/C11H9ClN2O4S/c1-17-9-4-6(11(15)16)2-3-8(9)18-5-7-10(12)19-14-13-7/h2-4H,5H2,1H3,(H,15,16). The van der Waals surface area contributed by atoms with Crippen molar-refractivity contribution in [2.75, 3.05) is 7.11 Å². The summed E-state index contributed by atoms with van der Waals surface area (Å²) in [7, 11) is 1.44. The van der Waals surface area contributed by atoms with Gasteiger partial charge >= 0.3 is 5.97 Å². The first-order valence-electron chi connectivity index (χ1n) is 5.12. The minimum atomic E-state index is -1.03. The van der Waals surface area contributed by atoms with Crippen molar-refractivity contribution in [2.45, 2.75) is 6.61 Å². The molecule has 0 unspecified atom stereocenters. The van der Waals surface area contributed by atoms with E-state index in [0.29, 0.717) is 21.5 Å². The molecule has 0 aliphatic rings. The first kappa shape index (κ1) is 13.6. The fourth-order valence-corrected chi connectivity index (χ4v) is 1.95. The second-order valence-electron chi connectivity index (χ2n) is 3.45. The van der Waals surface area contributed by atoms with Gasteiger partial charge in [0.2, 0.25) is 0 Å². The summed E-state index contributed by atoms with van der Waals surface area (Å²) in [5.74, 6) is -0.285. The zero-order valence-corrected chi connectivity index (χ0v) is 11.4. The molecule has 0 saturated carbocycles. The number of ether oxygens (including phenoxy) is 2. The Morgan fingerprint density at radius 1 is 1.47 bits per heavy atom. The molecule has 1 N–H and O–H groups in total. The van der Waals surface area contributed by atoms with E-state index in [4.69, 9.17) is 26.2 Å². The Morgan fingerprint density at radius 2 is 2.26 bits per heavy atom. The number of carboxylic acids is 1. The number of benzene rings is 1. The number of hydrogen-bond donors (Lipinski definition) is 1. The maximum absolute atomic E-state index is 10.8. The van der Waals surface area contributed by atoms with Crippen LogP contribution < -0.4 is 9.47 Å². The number of carboxylic acid groups (broad SMARTS) is 1. The van der Waals surface area contributed by atoms with Crippen LogP contribution in [-0.2, 0) is 6.61 Å². The fourth-order valence-electron chi connectivity index (χ4n) is 1.35. The van der Waals surface area contributed by atoms with Gasteiger partial charge in [-0.1, -0.05) is 16.1 Å². The van der Waals surface area contributed by atoms with Crippen LogP contribution in [0.4, 0.5) is 0 Å². The molecule has 0 aliphatic heterocycles. The minimum absolute atomic E-state index is 0.123. The summed E-state index contributed by atoms with van der Waals surface area (Å²) in [6.07, 6.45) is 0. The van der Waals surface area contributed by atoms with Crippen molar-refractivity contribution in [2.24, 2.45) is 0 Å². The monoisotopic (exact) mass is 300 g/mol. The number of aromatic carboxylic acids is 1. The second-order valence-corrected chi connectivity index (χ2v) is 4.81. The lowest BCUT2D eigenvalue weighted by atomic mass is 10.2. The molecule has 2 rings (SSSR count). The molecule has 0 atom stereocenters. The lowest BCUT2D eigenvalue weighted by Crippen LogP contribution is -2.01. The van der Waals surface area contributed by atoms with Crippen LogP contribution in [-0.4, -0.2) is 27.8 Å². The first-order valence-corrected chi connectivity index (χ1v) is 6.28. The molecule has 0 bridgehead atoms. The summed E-state index contributed by atoms with van der Waals surface area (Å²) in [5.41, 5.74) is 0.647. The van der Waals surface area contributed by atoms with Crippen molar-refractivity contribution in [3.05, 3.63) is 33.8 Å². The van der Waals surface area contributed by atoms with Crippen molar-refractivity contribution in [1.29, 1.82) is 0 Å². The van der Waals surface area contributed by atoms with Gasteiger partial charge < -0.3 is 14.6 Å². The van der Waals surface area contributed by atoms with Crippen LogP contribution in [0.1, 0.15) is 16.1 Å². The third-order valence-corrected chi connectivity index (χ3v) is 3.27. The lowest BCUT2D eigenvalue weighted by Gasteiger charge is -2.10. The van der Waals surface area contributed by atoms with Crippen LogP contribution in [0.5, 0.6) is 11.5 Å². The maximum atomic E-state index is 10.8. The Hall–Kier alpha value is -1.86. The molecule has 0 saturated heterocycles. The van der Waals surface area contributed by atoms with Gasteiger partial charge in [0.15, 0.2) is 11.5 Å². The topological polar surface area (TPSA) is 81.5 Å². The number of rotatable bonds is 5. The number of hydrogen-bond acceptors (Lipinski definition) is 6. The van der Waals surface area contributed by atoms with E-state index in [2.05, 4.69) is 9.59 Å². The lowest BCUT2D eigenvalue weighted by molar-refractivity contribution is 0.0696. The van der Waals surface area contributed by atoms with Gasteiger partial charge in [0, 0.05) is 11.5 Å². The maximum Gasteiger partial charge on any atom is 0.335 e. The number of nitrogens with zero attached hydrogens (tertiary/aromatic N) is 2. The van der Waals surface area contributed by atoms with E-state index < -0.39 is 5.97 Å². The molecule has 1 heterocycles. The Bertz CT molecular complexity index is 602. The molecule has 1 aromatic heterocycles. The van der Waals surface area contributed by atoms with E-state index in [1.165, 1.54) is 25.3 Å². The Labute approximate surface area is 117 Å². The number of methoxy groups -OCH3 is 1. The van der Waals surface area contributed by atoms with Crippen LogP contribution in [0, 0.1) is 0 Å². The molecule has 0 spiro atoms. The SMILES string of the molecule is COc1cc(C(=O)O)ccc1OCc1nnsc1Cl. The number of carbonyl (C=O) groups is 1.